The highest BCUT2D eigenvalue weighted by molar-refractivity contribution is 7.08. The second-order valence-electron chi connectivity index (χ2n) is 4.13. The highest BCUT2D eigenvalue weighted by Gasteiger charge is 2.09. The monoisotopic (exact) mass is 261 g/mol. The van der Waals surface area contributed by atoms with E-state index in [2.05, 4.69) is 5.32 Å². The minimum absolute atomic E-state index is 0.148. The van der Waals surface area contributed by atoms with E-state index >= 15 is 0 Å². The lowest BCUT2D eigenvalue weighted by Gasteiger charge is -2.15. The van der Waals surface area contributed by atoms with Gasteiger partial charge in [0.2, 0.25) is 0 Å². The van der Waals surface area contributed by atoms with E-state index in [-0.39, 0.29) is 5.91 Å². The van der Waals surface area contributed by atoms with Crippen LogP contribution in [-0.4, -0.2) is 20.0 Å². The number of rotatable bonds is 3. The van der Waals surface area contributed by atoms with Crippen LogP contribution >= 0.6 is 11.3 Å². The molecule has 0 saturated heterocycles. The van der Waals surface area contributed by atoms with E-state index in [0.29, 0.717) is 11.3 Å². The van der Waals surface area contributed by atoms with E-state index in [1.165, 1.54) is 0 Å². The molecule has 2 rings (SSSR count). The van der Waals surface area contributed by atoms with E-state index in [1.807, 2.05) is 41.9 Å². The summed E-state index contributed by atoms with van der Waals surface area (Å²) in [5, 5.41) is 6.62. The first kappa shape index (κ1) is 12.4. The number of carbonyl (C=O) groups excluding carboxylic acids is 1. The lowest BCUT2D eigenvalue weighted by atomic mass is 10.1. The first-order chi connectivity index (χ1) is 8.58. The number of hydrogen-bond donors (Lipinski definition) is 2. The summed E-state index contributed by atoms with van der Waals surface area (Å²) in [7, 11) is 3.83. The zero-order valence-electron chi connectivity index (χ0n) is 10.3. The molecule has 0 aliphatic carbocycles. The SMILES string of the molecule is CN(C)c1ccc(C(=O)Nc2ccsc2)cc1N. The summed E-state index contributed by atoms with van der Waals surface area (Å²) >= 11 is 1.54. The molecule has 0 unspecified atom stereocenters. The molecule has 94 valence electrons. The lowest BCUT2D eigenvalue weighted by Crippen LogP contribution is -2.14. The minimum atomic E-state index is -0.148. The largest absolute Gasteiger partial charge is 0.397 e. The molecule has 3 N–H and O–H groups in total. The van der Waals surface area contributed by atoms with Crippen molar-refractivity contribution in [1.82, 2.24) is 0 Å². The van der Waals surface area contributed by atoms with Gasteiger partial charge in [0, 0.05) is 25.0 Å². The van der Waals surface area contributed by atoms with Crippen molar-refractivity contribution in [2.75, 3.05) is 30.0 Å². The molecule has 1 amide bonds. The predicted molar refractivity (Wildman–Crippen MR) is 77.5 cm³/mol. The average molecular weight is 261 g/mol. The molecule has 2 aromatic rings. The fraction of sp³-hybridized carbons (Fsp3) is 0.154. The number of anilines is 3. The number of nitrogens with zero attached hydrogens (tertiary/aromatic N) is 1. The van der Waals surface area contributed by atoms with Crippen molar-refractivity contribution >= 4 is 34.3 Å². The molecule has 0 saturated carbocycles. The third kappa shape index (κ3) is 2.62. The van der Waals surface area contributed by atoms with Crippen molar-refractivity contribution in [3.63, 3.8) is 0 Å². The van der Waals surface area contributed by atoms with Crippen LogP contribution in [0.3, 0.4) is 0 Å². The van der Waals surface area contributed by atoms with Crippen molar-refractivity contribution in [2.24, 2.45) is 0 Å². The second-order valence-corrected chi connectivity index (χ2v) is 4.91. The van der Waals surface area contributed by atoms with Gasteiger partial charge in [0.15, 0.2) is 0 Å². The summed E-state index contributed by atoms with van der Waals surface area (Å²) < 4.78 is 0. The number of carbonyl (C=O) groups is 1. The molecule has 4 nitrogen and oxygen atoms in total. The Kier molecular flexibility index (Phi) is 3.53. The van der Waals surface area contributed by atoms with E-state index in [1.54, 1.807) is 23.5 Å². The Morgan fingerprint density at radius 2 is 2.11 bits per heavy atom. The molecule has 5 heteroatoms. The zero-order chi connectivity index (χ0) is 13.1. The summed E-state index contributed by atoms with van der Waals surface area (Å²) in [5.41, 5.74) is 8.78. The lowest BCUT2D eigenvalue weighted by molar-refractivity contribution is 0.102. The standard InChI is InChI=1S/C13H15N3OS/c1-16(2)12-4-3-9(7-11(12)14)13(17)15-10-5-6-18-8-10/h3-8H,14H2,1-2H3,(H,15,17). The van der Waals surface area contributed by atoms with E-state index in [0.717, 1.165) is 11.4 Å². The summed E-state index contributed by atoms with van der Waals surface area (Å²) in [6.07, 6.45) is 0. The Labute approximate surface area is 110 Å². The fourth-order valence-electron chi connectivity index (χ4n) is 1.64. The van der Waals surface area contributed by atoms with Crippen LogP contribution in [0.4, 0.5) is 17.1 Å². The van der Waals surface area contributed by atoms with Crippen LogP contribution in [0, 0.1) is 0 Å². The minimum Gasteiger partial charge on any atom is -0.397 e. The smallest absolute Gasteiger partial charge is 0.255 e. The molecule has 0 aliphatic rings. The van der Waals surface area contributed by atoms with Gasteiger partial charge in [0.1, 0.15) is 0 Å². The highest BCUT2D eigenvalue weighted by atomic mass is 32.1. The van der Waals surface area contributed by atoms with E-state index in [4.69, 9.17) is 5.73 Å². The Bertz CT molecular complexity index is 549. The van der Waals surface area contributed by atoms with Crippen LogP contribution in [0.5, 0.6) is 0 Å². The molecule has 1 aromatic heterocycles. The van der Waals surface area contributed by atoms with Crippen LogP contribution in [0.2, 0.25) is 0 Å². The van der Waals surface area contributed by atoms with Gasteiger partial charge in [-0.15, -0.1) is 0 Å². The van der Waals surface area contributed by atoms with Crippen molar-refractivity contribution in [1.29, 1.82) is 0 Å². The molecular weight excluding hydrogens is 246 g/mol. The van der Waals surface area contributed by atoms with Gasteiger partial charge in [-0.25, -0.2) is 0 Å². The number of nitrogens with two attached hydrogens (primary N) is 1. The number of benzene rings is 1. The zero-order valence-corrected chi connectivity index (χ0v) is 11.1. The quantitative estimate of drug-likeness (QED) is 0.835. The maximum Gasteiger partial charge on any atom is 0.255 e. The Morgan fingerprint density at radius 1 is 1.33 bits per heavy atom. The second kappa shape index (κ2) is 5.10. The van der Waals surface area contributed by atoms with Crippen LogP contribution in [0.1, 0.15) is 10.4 Å². The summed E-state index contributed by atoms with van der Waals surface area (Å²) in [4.78, 5) is 13.9. The Balaban J connectivity index is 2.19. The number of nitrogen functional groups attached to an aromatic ring is 1. The van der Waals surface area contributed by atoms with Gasteiger partial charge < -0.3 is 16.0 Å². The van der Waals surface area contributed by atoms with Crippen molar-refractivity contribution in [3.8, 4) is 0 Å². The van der Waals surface area contributed by atoms with Gasteiger partial charge in [0.25, 0.3) is 5.91 Å². The first-order valence-corrected chi connectivity index (χ1v) is 6.42. The van der Waals surface area contributed by atoms with Crippen LogP contribution in [-0.2, 0) is 0 Å². The van der Waals surface area contributed by atoms with Crippen molar-refractivity contribution in [3.05, 3.63) is 40.6 Å². The van der Waals surface area contributed by atoms with E-state index in [9.17, 15) is 4.79 Å². The fourth-order valence-corrected chi connectivity index (χ4v) is 2.23. The first-order valence-electron chi connectivity index (χ1n) is 5.48. The molecule has 1 aromatic carbocycles. The van der Waals surface area contributed by atoms with Crippen LogP contribution in [0.25, 0.3) is 0 Å². The normalized spacial score (nSPS) is 10.1. The van der Waals surface area contributed by atoms with Gasteiger partial charge in [-0.3, -0.25) is 4.79 Å². The number of nitrogens with one attached hydrogen (secondary N) is 1. The molecular formula is C13H15N3OS. The molecule has 18 heavy (non-hydrogen) atoms. The maximum absolute atomic E-state index is 12.0. The third-order valence-electron chi connectivity index (χ3n) is 2.55. The average Bonchev–Trinajstić information content (AvgIpc) is 2.81. The summed E-state index contributed by atoms with van der Waals surface area (Å²) in [6, 6.07) is 7.17. The third-order valence-corrected chi connectivity index (χ3v) is 3.23. The van der Waals surface area contributed by atoms with Gasteiger partial charge >= 0.3 is 0 Å². The van der Waals surface area contributed by atoms with Gasteiger partial charge in [-0.2, -0.15) is 11.3 Å². The molecule has 0 fully saturated rings. The van der Waals surface area contributed by atoms with Gasteiger partial charge in [-0.1, -0.05) is 0 Å². The molecule has 0 aliphatic heterocycles. The number of amides is 1. The van der Waals surface area contributed by atoms with Gasteiger partial charge in [0.05, 0.1) is 17.1 Å². The molecule has 0 spiro atoms. The molecule has 0 bridgehead atoms. The Hall–Kier alpha value is -2.01. The van der Waals surface area contributed by atoms with Crippen molar-refractivity contribution < 1.29 is 4.79 Å². The summed E-state index contributed by atoms with van der Waals surface area (Å²) in [6.45, 7) is 0. The molecule has 0 radical (unpaired) electrons. The number of hydrogen-bond acceptors (Lipinski definition) is 4. The molecule has 1 heterocycles. The van der Waals surface area contributed by atoms with Crippen molar-refractivity contribution in [2.45, 2.75) is 0 Å². The van der Waals surface area contributed by atoms with Crippen LogP contribution < -0.4 is 16.0 Å². The predicted octanol–water partition coefficient (Wildman–Crippen LogP) is 2.65. The van der Waals surface area contributed by atoms with Gasteiger partial charge in [-0.05, 0) is 29.6 Å². The van der Waals surface area contributed by atoms with E-state index < -0.39 is 0 Å². The Morgan fingerprint density at radius 3 is 2.67 bits per heavy atom. The topological polar surface area (TPSA) is 58.4 Å². The number of thiophene rings is 1. The summed E-state index contributed by atoms with van der Waals surface area (Å²) in [5.74, 6) is -0.148. The van der Waals surface area contributed by atoms with Crippen LogP contribution in [0.15, 0.2) is 35.0 Å². The maximum atomic E-state index is 12.0. The highest BCUT2D eigenvalue weighted by Crippen LogP contribution is 2.23. The molecule has 0 atom stereocenters.